The largest absolute Gasteiger partial charge is 0.573 e. The van der Waals surface area contributed by atoms with Crippen LogP contribution in [0.2, 0.25) is 5.02 Å². The van der Waals surface area contributed by atoms with Crippen LogP contribution in [0.15, 0.2) is 56.5 Å². The number of carbonyl (C=O) groups excluding carboxylic acids is 1. The van der Waals surface area contributed by atoms with Gasteiger partial charge in [0.05, 0.1) is 35.1 Å². The number of rotatable bonds is 8. The van der Waals surface area contributed by atoms with Crippen LogP contribution in [0.1, 0.15) is 64.6 Å². The number of anilines is 4. The first-order chi connectivity index (χ1) is 20.5. The molecule has 0 saturated heterocycles. The van der Waals surface area contributed by atoms with Gasteiger partial charge in [-0.25, -0.2) is 4.79 Å². The van der Waals surface area contributed by atoms with Gasteiger partial charge in [-0.1, -0.05) is 32.4 Å². The fraction of sp³-hybridized carbons (Fsp3) is 0.267. The molecule has 3 aromatic carbocycles. The van der Waals surface area contributed by atoms with Crippen LogP contribution in [0, 0.1) is 12.3 Å². The quantitative estimate of drug-likeness (QED) is 0.185. The molecule has 1 aliphatic rings. The Balaban J connectivity index is 1.52. The molecule has 230 valence electrons. The van der Waals surface area contributed by atoms with Gasteiger partial charge in [-0.15, -0.1) is 13.2 Å². The molecular formula is C30H25ClF3N3O7. The van der Waals surface area contributed by atoms with Crippen molar-refractivity contribution in [3.05, 3.63) is 96.1 Å². The number of amides is 1. The summed E-state index contributed by atoms with van der Waals surface area (Å²) >= 11 is 6.38. The maximum Gasteiger partial charge on any atom is 0.573 e. The number of nitrogens with one attached hydrogen (secondary N) is 2. The van der Waals surface area contributed by atoms with E-state index < -0.39 is 51.9 Å². The number of aryl methyl sites for hydroxylation is 1. The van der Waals surface area contributed by atoms with E-state index in [0.29, 0.717) is 11.5 Å². The second-order valence-corrected chi connectivity index (χ2v) is 11.7. The van der Waals surface area contributed by atoms with E-state index in [0.717, 1.165) is 23.1 Å². The monoisotopic (exact) mass is 631 g/mol. The van der Waals surface area contributed by atoms with Gasteiger partial charge in [-0.05, 0) is 48.7 Å². The second-order valence-electron chi connectivity index (χ2n) is 11.3. The number of carboxylic acids is 1. The van der Waals surface area contributed by atoms with Crippen molar-refractivity contribution in [3.8, 4) is 5.75 Å². The first kappa shape index (κ1) is 30.7. The number of hydrogen-bond acceptors (Lipinski definition) is 8. The number of hydrogen-bond donors (Lipinski definition) is 3. The highest BCUT2D eigenvalue weighted by molar-refractivity contribution is 6.33. The van der Waals surface area contributed by atoms with Crippen LogP contribution in [0.5, 0.6) is 5.75 Å². The minimum Gasteiger partial charge on any atom is -0.478 e. The van der Waals surface area contributed by atoms with E-state index in [1.54, 1.807) is 19.1 Å². The molecule has 4 aromatic rings. The minimum absolute atomic E-state index is 0.0276. The number of fused-ring (bicyclic) bond motifs is 1. The number of carboxylic acid groups (broad SMARTS) is 1. The number of aromatic carboxylic acids is 1. The van der Waals surface area contributed by atoms with Crippen molar-refractivity contribution < 1.29 is 37.0 Å². The van der Waals surface area contributed by atoms with E-state index >= 15 is 0 Å². The molecule has 3 N–H and O–H groups in total. The van der Waals surface area contributed by atoms with Crippen LogP contribution in [0.4, 0.5) is 35.9 Å². The van der Waals surface area contributed by atoms with Gasteiger partial charge in [-0.2, -0.15) is 0 Å². The van der Waals surface area contributed by atoms with Gasteiger partial charge in [0, 0.05) is 16.7 Å². The zero-order valence-corrected chi connectivity index (χ0v) is 24.4. The normalized spacial score (nSPS) is 14.1. The Labute approximate surface area is 252 Å². The lowest BCUT2D eigenvalue weighted by atomic mass is 9.85. The summed E-state index contributed by atoms with van der Waals surface area (Å²) in [4.78, 5) is 52.0. The molecule has 1 amide bonds. The summed E-state index contributed by atoms with van der Waals surface area (Å²) in [5.41, 5.74) is -2.80. The lowest BCUT2D eigenvalue weighted by Gasteiger charge is -2.31. The summed E-state index contributed by atoms with van der Waals surface area (Å²) in [5.74, 6) is -1.83. The van der Waals surface area contributed by atoms with E-state index in [9.17, 15) is 37.5 Å². The number of alkyl halides is 3. The van der Waals surface area contributed by atoms with Crippen molar-refractivity contribution in [1.29, 1.82) is 0 Å². The minimum atomic E-state index is -5.06. The molecule has 1 aromatic heterocycles. The lowest BCUT2D eigenvalue weighted by Crippen LogP contribution is -2.39. The summed E-state index contributed by atoms with van der Waals surface area (Å²) in [6.07, 6.45) is -5.06. The predicted molar refractivity (Wildman–Crippen MR) is 156 cm³/mol. The first-order valence-electron chi connectivity index (χ1n) is 13.2. The smallest absolute Gasteiger partial charge is 0.478 e. The van der Waals surface area contributed by atoms with Gasteiger partial charge >= 0.3 is 12.3 Å². The Bertz CT molecular complexity index is 1880. The molecule has 0 fully saturated rings. The third kappa shape index (κ3) is 5.62. The summed E-state index contributed by atoms with van der Waals surface area (Å²) in [6.45, 7) is 7.23. The maximum atomic E-state index is 13.7. The Kier molecular flexibility index (Phi) is 7.48. The molecule has 0 spiro atoms. The van der Waals surface area contributed by atoms with E-state index in [-0.39, 0.29) is 45.4 Å². The number of benzene rings is 2. The number of nitrogens with zero attached hydrogens (tertiary/aromatic N) is 1. The zero-order chi connectivity index (χ0) is 32.3. The van der Waals surface area contributed by atoms with E-state index in [1.165, 1.54) is 12.1 Å². The lowest BCUT2D eigenvalue weighted by molar-refractivity contribution is -0.274. The molecule has 0 radical (unpaired) electrons. The standard InChI is InChI=1S/C30H25ClF3N3O7/c1-13-5-10-20(43-13)26(29(2,3)4)36-23-22(24(38)25(23)39)35-18-9-8-17(31)16-12-37(27(40)21(16)18)19-11-14(44-30(32,33)34)6-7-15(19)28(41)42/h5-11,26,35-36H,12H2,1-4H3,(H,41,42)/t26-/m0/s1. The average Bonchev–Trinajstić information content (AvgIpc) is 3.50. The molecule has 14 heteroatoms. The number of halogens is 4. The highest BCUT2D eigenvalue weighted by Gasteiger charge is 2.38. The predicted octanol–water partition coefficient (Wildman–Crippen LogP) is 6.54. The van der Waals surface area contributed by atoms with Crippen LogP contribution < -0.4 is 31.1 Å². The molecule has 0 aliphatic carbocycles. The Hall–Kier alpha value is -4.78. The Morgan fingerprint density at radius 1 is 1.05 bits per heavy atom. The molecular weight excluding hydrogens is 607 g/mol. The first-order valence-corrected chi connectivity index (χ1v) is 13.5. The van der Waals surface area contributed by atoms with Crippen molar-refractivity contribution in [2.75, 3.05) is 15.5 Å². The molecule has 1 atom stereocenters. The van der Waals surface area contributed by atoms with E-state index in [1.807, 2.05) is 20.8 Å². The summed E-state index contributed by atoms with van der Waals surface area (Å²) < 4.78 is 48.4. The van der Waals surface area contributed by atoms with Crippen molar-refractivity contribution in [2.24, 2.45) is 5.41 Å². The van der Waals surface area contributed by atoms with E-state index in [4.69, 9.17) is 16.0 Å². The molecule has 2 heterocycles. The second kappa shape index (κ2) is 10.7. The molecule has 0 bridgehead atoms. The van der Waals surface area contributed by atoms with Crippen molar-refractivity contribution in [3.63, 3.8) is 0 Å². The maximum absolute atomic E-state index is 13.7. The SMILES string of the molecule is Cc1ccc([C@H](Nc2c(Nc3ccc(Cl)c4c3C(=O)N(c3cc(OC(F)(F)F)ccc3C(=O)O)C4)c(=O)c2=O)C(C)(C)C)o1. The van der Waals surface area contributed by atoms with Gasteiger partial charge in [-0.3, -0.25) is 14.4 Å². The fourth-order valence-corrected chi connectivity index (χ4v) is 5.27. The fourth-order valence-electron chi connectivity index (χ4n) is 5.05. The van der Waals surface area contributed by atoms with Gasteiger partial charge < -0.3 is 29.8 Å². The molecule has 1 aliphatic heterocycles. The Morgan fingerprint density at radius 2 is 1.73 bits per heavy atom. The highest BCUT2D eigenvalue weighted by Crippen LogP contribution is 2.42. The van der Waals surface area contributed by atoms with Gasteiger partial charge in [0.15, 0.2) is 0 Å². The van der Waals surface area contributed by atoms with Crippen LogP contribution in [-0.4, -0.2) is 23.3 Å². The molecule has 44 heavy (non-hydrogen) atoms. The van der Waals surface area contributed by atoms with Crippen molar-refractivity contribution >= 4 is 46.2 Å². The molecule has 5 rings (SSSR count). The van der Waals surface area contributed by atoms with Gasteiger partial charge in [0.25, 0.3) is 16.8 Å². The Morgan fingerprint density at radius 3 is 2.32 bits per heavy atom. The molecule has 10 nitrogen and oxygen atoms in total. The zero-order valence-electron chi connectivity index (χ0n) is 23.7. The van der Waals surface area contributed by atoms with Crippen molar-refractivity contribution in [1.82, 2.24) is 0 Å². The molecule has 0 unspecified atom stereocenters. The van der Waals surface area contributed by atoms with Crippen LogP contribution in [0.3, 0.4) is 0 Å². The number of ether oxygens (including phenoxy) is 1. The van der Waals surface area contributed by atoms with E-state index in [2.05, 4.69) is 15.4 Å². The van der Waals surface area contributed by atoms with Gasteiger partial charge in [0.2, 0.25) is 0 Å². The third-order valence-electron chi connectivity index (χ3n) is 7.13. The third-order valence-corrected chi connectivity index (χ3v) is 7.48. The topological polar surface area (TPSA) is 138 Å². The number of furan rings is 1. The van der Waals surface area contributed by atoms with Crippen LogP contribution in [-0.2, 0) is 6.54 Å². The van der Waals surface area contributed by atoms with Crippen molar-refractivity contribution in [2.45, 2.75) is 46.6 Å². The summed E-state index contributed by atoms with van der Waals surface area (Å²) in [6, 6.07) is 8.36. The summed E-state index contributed by atoms with van der Waals surface area (Å²) in [7, 11) is 0. The van der Waals surface area contributed by atoms with Gasteiger partial charge in [0.1, 0.15) is 28.6 Å². The molecule has 0 saturated carbocycles. The average molecular weight is 632 g/mol. The van der Waals surface area contributed by atoms with Crippen LogP contribution in [0.25, 0.3) is 0 Å². The highest BCUT2D eigenvalue weighted by atomic mass is 35.5. The summed E-state index contributed by atoms with van der Waals surface area (Å²) in [5, 5.41) is 15.8. The van der Waals surface area contributed by atoms with Crippen LogP contribution >= 0.6 is 11.6 Å². The number of carbonyl (C=O) groups is 2.